The molecule has 0 radical (unpaired) electrons. The van der Waals surface area contributed by atoms with Crippen LogP contribution in [0, 0.1) is 6.92 Å². The van der Waals surface area contributed by atoms with Crippen molar-refractivity contribution in [2.24, 2.45) is 0 Å². The topological polar surface area (TPSA) is 84.5 Å². The van der Waals surface area contributed by atoms with Crippen LogP contribution < -0.4 is 14.8 Å². The van der Waals surface area contributed by atoms with Crippen LogP contribution >= 0.6 is 11.6 Å². The Hall–Kier alpha value is -2.87. The van der Waals surface area contributed by atoms with Crippen molar-refractivity contribution in [1.29, 1.82) is 0 Å². The maximum atomic E-state index is 12.9. The van der Waals surface area contributed by atoms with E-state index in [0.717, 1.165) is 11.1 Å². The highest BCUT2D eigenvalue weighted by molar-refractivity contribution is 7.89. The van der Waals surface area contributed by atoms with Crippen molar-refractivity contribution in [3.05, 3.63) is 88.4 Å². The zero-order valence-electron chi connectivity index (χ0n) is 16.5. The Balaban J connectivity index is 1.86. The minimum absolute atomic E-state index is 0.110. The molecule has 0 atom stereocenters. The molecule has 0 fully saturated rings. The van der Waals surface area contributed by atoms with Crippen molar-refractivity contribution >= 4 is 33.2 Å². The molecule has 0 spiro atoms. The highest BCUT2D eigenvalue weighted by Crippen LogP contribution is 2.26. The zero-order chi connectivity index (χ0) is 21.7. The van der Waals surface area contributed by atoms with Gasteiger partial charge in [0.2, 0.25) is 10.0 Å². The Morgan fingerprint density at radius 3 is 2.43 bits per heavy atom. The number of halogens is 1. The molecule has 6 nitrogen and oxygen atoms in total. The minimum Gasteiger partial charge on any atom is -0.495 e. The van der Waals surface area contributed by atoms with Gasteiger partial charge in [0.25, 0.3) is 5.91 Å². The third kappa shape index (κ3) is 5.18. The largest absolute Gasteiger partial charge is 0.495 e. The van der Waals surface area contributed by atoms with Gasteiger partial charge in [-0.2, -0.15) is 0 Å². The van der Waals surface area contributed by atoms with Crippen LogP contribution in [0.1, 0.15) is 21.5 Å². The van der Waals surface area contributed by atoms with Gasteiger partial charge < -0.3 is 10.1 Å². The van der Waals surface area contributed by atoms with Crippen LogP contribution in [0.3, 0.4) is 0 Å². The highest BCUT2D eigenvalue weighted by Gasteiger charge is 2.22. The molecular weight excluding hydrogens is 424 g/mol. The van der Waals surface area contributed by atoms with E-state index in [2.05, 4.69) is 10.0 Å². The summed E-state index contributed by atoms with van der Waals surface area (Å²) in [6.07, 6.45) is 0. The molecule has 0 saturated carbocycles. The number of ether oxygens (including phenoxy) is 1. The fourth-order valence-electron chi connectivity index (χ4n) is 2.84. The fraction of sp³-hybridized carbons (Fsp3) is 0.136. The SMILES string of the molecule is COc1ccc(C(=O)Nc2ccc(Cl)cc2C)cc1S(=O)(=O)NCc1ccccc1. The van der Waals surface area contributed by atoms with E-state index >= 15 is 0 Å². The van der Waals surface area contributed by atoms with E-state index in [1.54, 1.807) is 18.2 Å². The number of hydrogen-bond acceptors (Lipinski definition) is 4. The summed E-state index contributed by atoms with van der Waals surface area (Å²) in [5.41, 5.74) is 2.38. The van der Waals surface area contributed by atoms with E-state index < -0.39 is 15.9 Å². The number of methoxy groups -OCH3 is 1. The Kier molecular flexibility index (Phi) is 6.77. The maximum absolute atomic E-state index is 12.9. The van der Waals surface area contributed by atoms with Crippen LogP contribution in [-0.4, -0.2) is 21.4 Å². The number of rotatable bonds is 7. The molecule has 0 aliphatic carbocycles. The van der Waals surface area contributed by atoms with Gasteiger partial charge >= 0.3 is 0 Å². The lowest BCUT2D eigenvalue weighted by atomic mass is 10.1. The van der Waals surface area contributed by atoms with E-state index in [1.807, 2.05) is 37.3 Å². The Bertz CT molecular complexity index is 1170. The monoisotopic (exact) mass is 444 g/mol. The van der Waals surface area contributed by atoms with E-state index in [-0.39, 0.29) is 22.8 Å². The van der Waals surface area contributed by atoms with Gasteiger partial charge in [0.1, 0.15) is 10.6 Å². The second-order valence-electron chi connectivity index (χ2n) is 6.59. The number of amides is 1. The first-order chi connectivity index (χ1) is 14.3. The second kappa shape index (κ2) is 9.30. The summed E-state index contributed by atoms with van der Waals surface area (Å²) in [7, 11) is -2.54. The standard InChI is InChI=1S/C22H21ClN2O4S/c1-15-12-18(23)9-10-19(15)25-22(26)17-8-11-20(29-2)21(13-17)30(27,28)24-14-16-6-4-3-5-7-16/h3-13,24H,14H2,1-2H3,(H,25,26). The van der Waals surface area contributed by atoms with Crippen molar-refractivity contribution in [3.63, 3.8) is 0 Å². The van der Waals surface area contributed by atoms with Crippen molar-refractivity contribution < 1.29 is 17.9 Å². The number of sulfonamides is 1. The Morgan fingerprint density at radius 1 is 1.03 bits per heavy atom. The van der Waals surface area contributed by atoms with Gasteiger partial charge in [-0.25, -0.2) is 13.1 Å². The Morgan fingerprint density at radius 2 is 1.77 bits per heavy atom. The van der Waals surface area contributed by atoms with Gasteiger partial charge in [-0.15, -0.1) is 0 Å². The molecule has 8 heteroatoms. The number of carbonyl (C=O) groups excluding carboxylic acids is 1. The van der Waals surface area contributed by atoms with Gasteiger partial charge in [0.05, 0.1) is 7.11 Å². The van der Waals surface area contributed by atoms with E-state index in [4.69, 9.17) is 16.3 Å². The third-order valence-electron chi connectivity index (χ3n) is 4.46. The fourth-order valence-corrected chi connectivity index (χ4v) is 4.28. The second-order valence-corrected chi connectivity index (χ2v) is 8.76. The average molecular weight is 445 g/mol. The normalized spacial score (nSPS) is 11.2. The van der Waals surface area contributed by atoms with Crippen molar-refractivity contribution in [2.75, 3.05) is 12.4 Å². The number of hydrogen-bond donors (Lipinski definition) is 2. The number of benzene rings is 3. The summed E-state index contributed by atoms with van der Waals surface area (Å²) >= 11 is 5.95. The Labute approximate surface area is 180 Å². The molecule has 30 heavy (non-hydrogen) atoms. The molecule has 0 heterocycles. The predicted octanol–water partition coefficient (Wildman–Crippen LogP) is 4.39. The molecule has 0 bridgehead atoms. The molecule has 1 amide bonds. The molecule has 0 aliphatic rings. The summed E-state index contributed by atoms with van der Waals surface area (Å²) in [4.78, 5) is 12.6. The number of carbonyl (C=O) groups is 1. The first-order valence-electron chi connectivity index (χ1n) is 9.09. The van der Waals surface area contributed by atoms with E-state index in [9.17, 15) is 13.2 Å². The van der Waals surface area contributed by atoms with Gasteiger partial charge in [-0.3, -0.25) is 4.79 Å². The molecule has 3 aromatic carbocycles. The first kappa shape index (κ1) is 21.8. The van der Waals surface area contributed by atoms with Gasteiger partial charge in [0, 0.05) is 22.8 Å². The van der Waals surface area contributed by atoms with Gasteiger partial charge in [-0.05, 0) is 54.4 Å². The third-order valence-corrected chi connectivity index (χ3v) is 6.12. The average Bonchev–Trinajstić information content (AvgIpc) is 2.74. The minimum atomic E-state index is -3.92. The molecule has 3 aromatic rings. The lowest BCUT2D eigenvalue weighted by Crippen LogP contribution is -2.24. The lowest BCUT2D eigenvalue weighted by Gasteiger charge is -2.13. The van der Waals surface area contributed by atoms with Crippen molar-refractivity contribution in [1.82, 2.24) is 4.72 Å². The highest BCUT2D eigenvalue weighted by atomic mass is 35.5. The van der Waals surface area contributed by atoms with E-state index in [0.29, 0.717) is 10.7 Å². The van der Waals surface area contributed by atoms with Crippen LogP contribution in [0.4, 0.5) is 5.69 Å². The van der Waals surface area contributed by atoms with Crippen LogP contribution in [0.15, 0.2) is 71.6 Å². The summed E-state index contributed by atoms with van der Waals surface area (Å²) < 4.78 is 33.5. The predicted molar refractivity (Wildman–Crippen MR) is 118 cm³/mol. The summed E-state index contributed by atoms with van der Waals surface area (Å²) in [5.74, 6) is -0.294. The summed E-state index contributed by atoms with van der Waals surface area (Å²) in [5, 5.41) is 3.34. The number of nitrogens with one attached hydrogen (secondary N) is 2. The summed E-state index contributed by atoms with van der Waals surface area (Å²) in [6.45, 7) is 1.94. The van der Waals surface area contributed by atoms with Crippen molar-refractivity contribution in [2.45, 2.75) is 18.4 Å². The molecule has 0 unspecified atom stereocenters. The van der Waals surface area contributed by atoms with Crippen LogP contribution in [0.25, 0.3) is 0 Å². The maximum Gasteiger partial charge on any atom is 0.255 e. The lowest BCUT2D eigenvalue weighted by molar-refractivity contribution is 0.102. The smallest absolute Gasteiger partial charge is 0.255 e. The number of aryl methyl sites for hydroxylation is 1. The van der Waals surface area contributed by atoms with Gasteiger partial charge in [-0.1, -0.05) is 41.9 Å². The van der Waals surface area contributed by atoms with E-state index in [1.165, 1.54) is 25.3 Å². The summed E-state index contributed by atoms with van der Waals surface area (Å²) in [6, 6.07) is 18.5. The molecule has 0 aromatic heterocycles. The van der Waals surface area contributed by atoms with Crippen LogP contribution in [0.5, 0.6) is 5.75 Å². The molecule has 3 rings (SSSR count). The quantitative estimate of drug-likeness (QED) is 0.566. The van der Waals surface area contributed by atoms with Crippen LogP contribution in [0.2, 0.25) is 5.02 Å². The molecular formula is C22H21ClN2O4S. The molecule has 0 saturated heterocycles. The van der Waals surface area contributed by atoms with Gasteiger partial charge in [0.15, 0.2) is 0 Å². The molecule has 0 aliphatic heterocycles. The molecule has 156 valence electrons. The van der Waals surface area contributed by atoms with Crippen LogP contribution in [-0.2, 0) is 16.6 Å². The first-order valence-corrected chi connectivity index (χ1v) is 11.0. The van der Waals surface area contributed by atoms with Crippen molar-refractivity contribution in [3.8, 4) is 5.75 Å². The zero-order valence-corrected chi connectivity index (χ0v) is 18.0. The molecule has 2 N–H and O–H groups in total. The number of anilines is 1.